The van der Waals surface area contributed by atoms with Crippen LogP contribution in [0.3, 0.4) is 0 Å². The van der Waals surface area contributed by atoms with Crippen LogP contribution in [0.25, 0.3) is 0 Å². The first-order valence-corrected chi connectivity index (χ1v) is 8.93. The number of carbonyl (C=O) groups is 1. The minimum atomic E-state index is -3.52. The highest BCUT2D eigenvalue weighted by molar-refractivity contribution is 7.92. The van der Waals surface area contributed by atoms with Crippen LogP contribution in [0, 0.1) is 5.92 Å². The molecule has 0 aliphatic heterocycles. The minimum absolute atomic E-state index is 0.000689. The number of unbranched alkanes of at least 4 members (excludes halogenated alkanes) is 2. The Kier molecular flexibility index (Phi) is 4.97. The summed E-state index contributed by atoms with van der Waals surface area (Å²) >= 11 is 0. The average molecular weight is 294 g/mol. The Morgan fingerprint density at radius 3 is 2.50 bits per heavy atom. The average Bonchev–Trinajstić information content (AvgIpc) is 2.82. The van der Waals surface area contributed by atoms with Gasteiger partial charge in [-0.05, 0) is 30.9 Å². The number of benzene rings is 1. The highest BCUT2D eigenvalue weighted by atomic mass is 32.2. The standard InChI is InChI=1S/C16H22O3S/c1-2-3-5-8-13-11-12-15(17)16(13)20(18,19)14-9-6-4-7-10-14/h4,6-7,9-10,13,16H,2-3,5,8,11-12H2,1H3/t13-,16+/m0/s1. The van der Waals surface area contributed by atoms with Crippen LogP contribution >= 0.6 is 0 Å². The second-order valence-corrected chi connectivity index (χ2v) is 7.61. The third-order valence-electron chi connectivity index (χ3n) is 4.09. The van der Waals surface area contributed by atoms with E-state index in [9.17, 15) is 13.2 Å². The number of hydrogen-bond acceptors (Lipinski definition) is 3. The zero-order valence-corrected chi connectivity index (χ0v) is 12.7. The van der Waals surface area contributed by atoms with Gasteiger partial charge in [0.15, 0.2) is 15.6 Å². The van der Waals surface area contributed by atoms with E-state index in [1.807, 2.05) is 0 Å². The number of ketones is 1. The van der Waals surface area contributed by atoms with Crippen LogP contribution in [0.1, 0.15) is 45.4 Å². The lowest BCUT2D eigenvalue weighted by Gasteiger charge is -2.18. The van der Waals surface area contributed by atoms with E-state index >= 15 is 0 Å². The summed E-state index contributed by atoms with van der Waals surface area (Å²) in [7, 11) is -3.52. The van der Waals surface area contributed by atoms with Gasteiger partial charge in [-0.1, -0.05) is 44.4 Å². The van der Waals surface area contributed by atoms with Gasteiger partial charge < -0.3 is 0 Å². The molecule has 2 rings (SSSR count). The van der Waals surface area contributed by atoms with Gasteiger partial charge in [0.05, 0.1) is 4.90 Å². The van der Waals surface area contributed by atoms with Crippen molar-refractivity contribution in [3.8, 4) is 0 Å². The van der Waals surface area contributed by atoms with E-state index in [2.05, 4.69) is 6.92 Å². The summed E-state index contributed by atoms with van der Waals surface area (Å²) in [4.78, 5) is 12.3. The topological polar surface area (TPSA) is 51.2 Å². The Bertz CT molecular complexity index is 548. The van der Waals surface area contributed by atoms with Gasteiger partial charge in [-0.25, -0.2) is 8.42 Å². The molecule has 0 unspecified atom stereocenters. The van der Waals surface area contributed by atoms with Gasteiger partial charge in [0.25, 0.3) is 0 Å². The van der Waals surface area contributed by atoms with Crippen molar-refractivity contribution in [1.82, 2.24) is 0 Å². The number of carbonyl (C=O) groups excluding carboxylic acids is 1. The van der Waals surface area contributed by atoms with Crippen molar-refractivity contribution in [2.24, 2.45) is 5.92 Å². The molecule has 4 heteroatoms. The summed E-state index contributed by atoms with van der Waals surface area (Å²) in [5, 5.41) is -0.818. The van der Waals surface area contributed by atoms with E-state index in [1.54, 1.807) is 30.3 Å². The summed E-state index contributed by atoms with van der Waals surface area (Å²) < 4.78 is 25.3. The van der Waals surface area contributed by atoms with Gasteiger partial charge in [-0.2, -0.15) is 0 Å². The highest BCUT2D eigenvalue weighted by Gasteiger charge is 2.43. The second-order valence-electron chi connectivity index (χ2n) is 5.54. The third kappa shape index (κ3) is 3.11. The van der Waals surface area contributed by atoms with Gasteiger partial charge in [0, 0.05) is 6.42 Å². The maximum atomic E-state index is 12.7. The van der Waals surface area contributed by atoms with Crippen molar-refractivity contribution < 1.29 is 13.2 Å². The molecule has 1 aromatic carbocycles. The Balaban J connectivity index is 2.21. The van der Waals surface area contributed by atoms with Gasteiger partial charge in [0.2, 0.25) is 0 Å². The van der Waals surface area contributed by atoms with Crippen molar-refractivity contribution >= 4 is 15.6 Å². The van der Waals surface area contributed by atoms with Crippen LogP contribution in [0.5, 0.6) is 0 Å². The number of hydrogen-bond donors (Lipinski definition) is 0. The van der Waals surface area contributed by atoms with Crippen molar-refractivity contribution in [3.63, 3.8) is 0 Å². The summed E-state index contributed by atoms with van der Waals surface area (Å²) in [6.07, 6.45) is 5.19. The molecule has 0 heterocycles. The van der Waals surface area contributed by atoms with Gasteiger partial charge in [-0.3, -0.25) is 4.79 Å². The highest BCUT2D eigenvalue weighted by Crippen LogP contribution is 2.35. The Morgan fingerprint density at radius 2 is 1.85 bits per heavy atom. The van der Waals surface area contributed by atoms with E-state index in [0.717, 1.165) is 32.1 Å². The summed E-state index contributed by atoms with van der Waals surface area (Å²) in [6.45, 7) is 2.12. The molecule has 110 valence electrons. The molecule has 2 atom stereocenters. The predicted molar refractivity (Wildman–Crippen MR) is 79.3 cm³/mol. The smallest absolute Gasteiger partial charge is 0.188 e. The molecule has 1 saturated carbocycles. The predicted octanol–water partition coefficient (Wildman–Crippen LogP) is 3.39. The van der Waals surface area contributed by atoms with Crippen LogP contribution in [0.15, 0.2) is 35.2 Å². The molecular formula is C16H22O3S. The molecule has 20 heavy (non-hydrogen) atoms. The normalized spacial score (nSPS) is 23.1. The van der Waals surface area contributed by atoms with Crippen LogP contribution in [0.4, 0.5) is 0 Å². The number of rotatable bonds is 6. The van der Waals surface area contributed by atoms with E-state index in [0.29, 0.717) is 6.42 Å². The van der Waals surface area contributed by atoms with Crippen LogP contribution in [0.2, 0.25) is 0 Å². The molecular weight excluding hydrogens is 272 g/mol. The largest absolute Gasteiger partial charge is 0.298 e. The first-order valence-electron chi connectivity index (χ1n) is 7.39. The van der Waals surface area contributed by atoms with E-state index < -0.39 is 15.1 Å². The second kappa shape index (κ2) is 6.53. The summed E-state index contributed by atoms with van der Waals surface area (Å²) in [5.41, 5.74) is 0. The molecule has 1 aromatic rings. The molecule has 0 N–H and O–H groups in total. The zero-order valence-electron chi connectivity index (χ0n) is 11.9. The number of sulfone groups is 1. The summed E-state index contributed by atoms with van der Waals surface area (Å²) in [5.74, 6) is -0.102. The lowest BCUT2D eigenvalue weighted by atomic mass is 10.00. The van der Waals surface area contributed by atoms with Crippen LogP contribution < -0.4 is 0 Å². The first-order chi connectivity index (χ1) is 9.57. The van der Waals surface area contributed by atoms with E-state index in [1.165, 1.54) is 0 Å². The lowest BCUT2D eigenvalue weighted by molar-refractivity contribution is -0.117. The summed E-state index contributed by atoms with van der Waals surface area (Å²) in [6, 6.07) is 8.37. The first kappa shape index (κ1) is 15.2. The molecule has 0 spiro atoms. The van der Waals surface area contributed by atoms with Gasteiger partial charge in [-0.15, -0.1) is 0 Å². The van der Waals surface area contributed by atoms with Gasteiger partial charge >= 0.3 is 0 Å². The van der Waals surface area contributed by atoms with Crippen molar-refractivity contribution in [2.75, 3.05) is 0 Å². The van der Waals surface area contributed by atoms with Crippen LogP contribution in [-0.2, 0) is 14.6 Å². The third-order valence-corrected chi connectivity index (χ3v) is 6.34. The SMILES string of the molecule is CCCCC[C@H]1CCC(=O)[C@@H]1S(=O)(=O)c1ccccc1. The quantitative estimate of drug-likeness (QED) is 0.756. The molecule has 1 aliphatic rings. The Morgan fingerprint density at radius 1 is 1.15 bits per heavy atom. The fourth-order valence-electron chi connectivity index (χ4n) is 3.02. The fraction of sp³-hybridized carbons (Fsp3) is 0.562. The molecule has 0 aromatic heterocycles. The van der Waals surface area contributed by atoms with Crippen molar-refractivity contribution in [3.05, 3.63) is 30.3 Å². The molecule has 0 bridgehead atoms. The lowest BCUT2D eigenvalue weighted by Crippen LogP contribution is -2.31. The monoisotopic (exact) mass is 294 g/mol. The molecule has 0 saturated heterocycles. The maximum absolute atomic E-state index is 12.7. The molecule has 0 amide bonds. The molecule has 1 fully saturated rings. The molecule has 3 nitrogen and oxygen atoms in total. The van der Waals surface area contributed by atoms with Crippen molar-refractivity contribution in [1.29, 1.82) is 0 Å². The maximum Gasteiger partial charge on any atom is 0.188 e. The van der Waals surface area contributed by atoms with Gasteiger partial charge in [0.1, 0.15) is 5.25 Å². The van der Waals surface area contributed by atoms with Crippen LogP contribution in [-0.4, -0.2) is 19.5 Å². The van der Waals surface area contributed by atoms with Crippen molar-refractivity contribution in [2.45, 2.75) is 55.6 Å². The Labute approximate surface area is 121 Å². The zero-order chi connectivity index (χ0) is 14.6. The Hall–Kier alpha value is -1.16. The minimum Gasteiger partial charge on any atom is -0.298 e. The molecule has 0 radical (unpaired) electrons. The van der Waals surface area contributed by atoms with E-state index in [-0.39, 0.29) is 16.6 Å². The number of Topliss-reactive ketones (excluding diaryl/α,β-unsaturated/α-hetero) is 1. The fourth-order valence-corrected chi connectivity index (χ4v) is 5.09. The molecule has 1 aliphatic carbocycles. The van der Waals surface area contributed by atoms with E-state index in [4.69, 9.17) is 0 Å².